The maximum Gasteiger partial charge on any atom is 0.261 e. The van der Waals surface area contributed by atoms with Crippen molar-refractivity contribution in [2.24, 2.45) is 0 Å². The Balaban J connectivity index is 1.66. The summed E-state index contributed by atoms with van der Waals surface area (Å²) < 4.78 is 0. The third-order valence-electron chi connectivity index (χ3n) is 4.97. The van der Waals surface area contributed by atoms with Crippen LogP contribution in [0.2, 0.25) is 0 Å². The Hall–Kier alpha value is -2.41. The molecule has 1 aromatic rings. The highest BCUT2D eigenvalue weighted by Crippen LogP contribution is 2.31. The van der Waals surface area contributed by atoms with E-state index in [1.165, 1.54) is 11.0 Å². The maximum absolute atomic E-state index is 12.8. The lowest BCUT2D eigenvalue weighted by Gasteiger charge is -2.29. The Kier molecular flexibility index (Phi) is 6.11. The number of imide groups is 1. The molecule has 1 heterocycles. The van der Waals surface area contributed by atoms with Crippen LogP contribution in [0.3, 0.4) is 0 Å². The summed E-state index contributed by atoms with van der Waals surface area (Å²) in [5, 5.41) is 5.21. The summed E-state index contributed by atoms with van der Waals surface area (Å²) in [6.45, 7) is 0.495. The molecule has 1 aliphatic carbocycles. The monoisotopic (exact) mass is 391 g/mol. The lowest BCUT2D eigenvalue weighted by atomic mass is 9.94. The van der Waals surface area contributed by atoms with Gasteiger partial charge in [-0.3, -0.25) is 24.1 Å². The van der Waals surface area contributed by atoms with Crippen LogP contribution in [0.1, 0.15) is 63.2 Å². The minimum absolute atomic E-state index is 0.0472. The zero-order valence-electron chi connectivity index (χ0n) is 14.9. The van der Waals surface area contributed by atoms with Crippen molar-refractivity contribution in [2.45, 2.75) is 38.1 Å². The Morgan fingerprint density at radius 3 is 2.37 bits per heavy atom. The second kappa shape index (κ2) is 8.52. The summed E-state index contributed by atoms with van der Waals surface area (Å²) in [7, 11) is 0. The molecule has 0 aromatic heterocycles. The molecule has 144 valence electrons. The van der Waals surface area contributed by atoms with Crippen molar-refractivity contribution in [2.75, 3.05) is 19.0 Å². The maximum atomic E-state index is 12.8. The molecular weight excluding hydrogens is 370 g/mol. The third-order valence-corrected chi connectivity index (χ3v) is 5.22. The van der Waals surface area contributed by atoms with Crippen LogP contribution in [0.15, 0.2) is 18.2 Å². The molecule has 0 bridgehead atoms. The topological polar surface area (TPSA) is 95.6 Å². The number of hydrogen-bond donors (Lipinski definition) is 2. The fourth-order valence-electron chi connectivity index (χ4n) is 3.60. The highest BCUT2D eigenvalue weighted by atomic mass is 35.5. The second-order valence-corrected chi connectivity index (χ2v) is 7.04. The number of amides is 4. The fraction of sp³-hybridized carbons (Fsp3) is 0.474. The van der Waals surface area contributed by atoms with Gasteiger partial charge in [0.05, 0.1) is 11.1 Å². The Labute approximate surface area is 162 Å². The standard InChI is InChI=1S/C19H22ClN3O4/c20-11-16(24)21-8-9-22-17(25)12-6-7-14-15(10-12)19(27)23(18(14)26)13-4-2-1-3-5-13/h6-7,10,13H,1-5,8-9,11H2,(H,21,24)(H,22,25). The molecule has 0 spiro atoms. The van der Waals surface area contributed by atoms with E-state index in [-0.39, 0.29) is 54.2 Å². The molecule has 4 amide bonds. The van der Waals surface area contributed by atoms with E-state index in [1.54, 1.807) is 12.1 Å². The third kappa shape index (κ3) is 4.13. The average molecular weight is 392 g/mol. The number of carbonyl (C=O) groups is 4. The largest absolute Gasteiger partial charge is 0.353 e. The number of rotatable bonds is 6. The smallest absolute Gasteiger partial charge is 0.261 e. The van der Waals surface area contributed by atoms with Crippen LogP contribution in [0.4, 0.5) is 0 Å². The fourth-order valence-corrected chi connectivity index (χ4v) is 3.69. The number of fused-ring (bicyclic) bond motifs is 1. The molecule has 1 aromatic carbocycles. The summed E-state index contributed by atoms with van der Waals surface area (Å²) in [4.78, 5) is 50.1. The van der Waals surface area contributed by atoms with E-state index in [4.69, 9.17) is 11.6 Å². The molecule has 7 nitrogen and oxygen atoms in total. The number of benzene rings is 1. The quantitative estimate of drug-likeness (QED) is 0.438. The molecule has 8 heteroatoms. The van der Waals surface area contributed by atoms with Gasteiger partial charge in [-0.05, 0) is 31.0 Å². The lowest BCUT2D eigenvalue weighted by Crippen LogP contribution is -2.40. The molecule has 0 saturated heterocycles. The van der Waals surface area contributed by atoms with Crippen molar-refractivity contribution < 1.29 is 19.2 Å². The van der Waals surface area contributed by atoms with Gasteiger partial charge in [-0.1, -0.05) is 19.3 Å². The van der Waals surface area contributed by atoms with Gasteiger partial charge in [0.2, 0.25) is 5.91 Å². The lowest BCUT2D eigenvalue weighted by molar-refractivity contribution is -0.118. The molecule has 0 radical (unpaired) electrons. The minimum atomic E-state index is -0.366. The van der Waals surface area contributed by atoms with Crippen LogP contribution >= 0.6 is 11.6 Å². The molecule has 2 aliphatic rings. The van der Waals surface area contributed by atoms with Gasteiger partial charge in [-0.25, -0.2) is 0 Å². The van der Waals surface area contributed by atoms with E-state index in [2.05, 4.69) is 10.6 Å². The van der Waals surface area contributed by atoms with E-state index >= 15 is 0 Å². The van der Waals surface area contributed by atoms with Gasteiger partial charge in [-0.2, -0.15) is 0 Å². The van der Waals surface area contributed by atoms with Crippen molar-refractivity contribution in [1.29, 1.82) is 0 Å². The first-order valence-electron chi connectivity index (χ1n) is 9.15. The number of hydrogen-bond acceptors (Lipinski definition) is 4. The molecule has 0 atom stereocenters. The van der Waals surface area contributed by atoms with Gasteiger partial charge in [-0.15, -0.1) is 11.6 Å². The van der Waals surface area contributed by atoms with Crippen LogP contribution in [0.5, 0.6) is 0 Å². The summed E-state index contributed by atoms with van der Waals surface area (Å²) in [5.74, 6) is -1.39. The van der Waals surface area contributed by atoms with Crippen molar-refractivity contribution in [3.05, 3.63) is 34.9 Å². The van der Waals surface area contributed by atoms with Gasteiger partial charge in [0.15, 0.2) is 0 Å². The Bertz CT molecular complexity index is 774. The Morgan fingerprint density at radius 1 is 1.00 bits per heavy atom. The highest BCUT2D eigenvalue weighted by molar-refractivity contribution is 6.27. The number of alkyl halides is 1. The number of carbonyl (C=O) groups excluding carboxylic acids is 4. The van der Waals surface area contributed by atoms with Crippen molar-refractivity contribution in [1.82, 2.24) is 15.5 Å². The summed E-state index contributed by atoms with van der Waals surface area (Å²) >= 11 is 5.37. The van der Waals surface area contributed by atoms with Crippen LogP contribution in [0.25, 0.3) is 0 Å². The van der Waals surface area contributed by atoms with Crippen LogP contribution < -0.4 is 10.6 Å². The van der Waals surface area contributed by atoms with E-state index in [0.29, 0.717) is 11.1 Å². The van der Waals surface area contributed by atoms with Crippen LogP contribution in [-0.2, 0) is 4.79 Å². The first-order valence-corrected chi connectivity index (χ1v) is 9.69. The summed E-state index contributed by atoms with van der Waals surface area (Å²) in [6.07, 6.45) is 4.85. The molecule has 27 heavy (non-hydrogen) atoms. The van der Waals surface area contributed by atoms with Crippen LogP contribution in [-0.4, -0.2) is 53.5 Å². The van der Waals surface area contributed by atoms with Gasteiger partial charge in [0, 0.05) is 24.7 Å². The molecule has 0 unspecified atom stereocenters. The van der Waals surface area contributed by atoms with Crippen molar-refractivity contribution >= 4 is 35.2 Å². The van der Waals surface area contributed by atoms with E-state index in [0.717, 1.165) is 32.1 Å². The van der Waals surface area contributed by atoms with E-state index in [9.17, 15) is 19.2 Å². The first-order chi connectivity index (χ1) is 13.0. The predicted molar refractivity (Wildman–Crippen MR) is 99.9 cm³/mol. The average Bonchev–Trinajstić information content (AvgIpc) is 2.95. The highest BCUT2D eigenvalue weighted by Gasteiger charge is 2.40. The van der Waals surface area contributed by atoms with Gasteiger partial charge < -0.3 is 10.6 Å². The van der Waals surface area contributed by atoms with E-state index < -0.39 is 0 Å². The number of halogens is 1. The second-order valence-electron chi connectivity index (χ2n) is 6.77. The molecule has 1 saturated carbocycles. The molecular formula is C19H22ClN3O4. The van der Waals surface area contributed by atoms with Crippen molar-refractivity contribution in [3.8, 4) is 0 Å². The summed E-state index contributed by atoms with van der Waals surface area (Å²) in [5.41, 5.74) is 0.953. The van der Waals surface area contributed by atoms with Gasteiger partial charge in [0.25, 0.3) is 17.7 Å². The molecule has 2 N–H and O–H groups in total. The van der Waals surface area contributed by atoms with Crippen LogP contribution in [0, 0.1) is 0 Å². The van der Waals surface area contributed by atoms with E-state index in [1.807, 2.05) is 0 Å². The first kappa shape index (κ1) is 19.4. The normalized spacial score (nSPS) is 17.0. The number of nitrogens with zero attached hydrogens (tertiary/aromatic N) is 1. The van der Waals surface area contributed by atoms with Crippen molar-refractivity contribution in [3.63, 3.8) is 0 Å². The predicted octanol–water partition coefficient (Wildman–Crippen LogP) is 1.70. The zero-order chi connectivity index (χ0) is 19.4. The number of nitrogens with one attached hydrogen (secondary N) is 2. The summed E-state index contributed by atoms with van der Waals surface area (Å²) in [6, 6.07) is 4.52. The Morgan fingerprint density at radius 2 is 1.67 bits per heavy atom. The molecule has 1 aliphatic heterocycles. The molecule has 1 fully saturated rings. The van der Waals surface area contributed by atoms with Gasteiger partial charge in [0.1, 0.15) is 5.88 Å². The minimum Gasteiger partial charge on any atom is -0.353 e. The van der Waals surface area contributed by atoms with Gasteiger partial charge >= 0.3 is 0 Å². The molecule has 3 rings (SSSR count). The zero-order valence-corrected chi connectivity index (χ0v) is 15.7. The SMILES string of the molecule is O=C(CCl)NCCNC(=O)c1ccc2c(c1)C(=O)N(C1CCCCC1)C2=O.